The van der Waals surface area contributed by atoms with E-state index in [2.05, 4.69) is 4.90 Å². The van der Waals surface area contributed by atoms with Crippen LogP contribution in [0.3, 0.4) is 0 Å². The Morgan fingerprint density at radius 1 is 0.855 bits per heavy atom. The number of fused-ring (bicyclic) bond motifs is 3. The van der Waals surface area contributed by atoms with Crippen LogP contribution in [-0.2, 0) is 66.6 Å². The first-order chi connectivity index (χ1) is 39.6. The van der Waals surface area contributed by atoms with Crippen LogP contribution in [0.4, 0.5) is 4.79 Å². The fraction of sp³-hybridized carbons (Fsp3) is 0.778. The fourth-order valence-electron chi connectivity index (χ4n) is 12.4. The number of amides is 2. The van der Waals surface area contributed by atoms with Gasteiger partial charge in [0.25, 0.3) is 11.7 Å². The molecule has 468 valence electrons. The zero-order chi connectivity index (χ0) is 60.4. The second-order valence-electron chi connectivity index (χ2n) is 24.5. The quantitative estimate of drug-likeness (QED) is 0.123. The van der Waals surface area contributed by atoms with Crippen LogP contribution in [0, 0.1) is 35.5 Å². The molecule has 2 bridgehead atoms. The average Bonchev–Trinajstić information content (AvgIpc) is 3.59. The van der Waals surface area contributed by atoms with Crippen molar-refractivity contribution in [2.45, 2.75) is 186 Å². The minimum Gasteiger partial charge on any atom is -0.460 e. The lowest BCUT2D eigenvalue weighted by Gasteiger charge is -2.43. The number of ether oxygens (including phenoxy) is 9. The predicted octanol–water partition coefficient (Wildman–Crippen LogP) is 6.37. The number of hydrogen-bond donors (Lipinski definition) is 2. The summed E-state index contributed by atoms with van der Waals surface area (Å²) in [6.07, 6.45) is 9.63. The summed E-state index contributed by atoms with van der Waals surface area (Å²) < 4.78 is 53.8. The minimum absolute atomic E-state index is 0.0220. The van der Waals surface area contributed by atoms with Crippen LogP contribution >= 0.6 is 0 Å². The molecule has 5 fully saturated rings. The van der Waals surface area contributed by atoms with Crippen LogP contribution in [0.15, 0.2) is 47.6 Å². The first kappa shape index (κ1) is 67.9. The second kappa shape index (κ2) is 33.1. The first-order valence-corrected chi connectivity index (χ1v) is 30.6. The predicted molar refractivity (Wildman–Crippen MR) is 309 cm³/mol. The molecule has 1 saturated carbocycles. The molecule has 5 aliphatic heterocycles. The Kier molecular flexibility index (Phi) is 27.0. The zero-order valence-corrected chi connectivity index (χ0v) is 51.2. The Hall–Kier alpha value is -4.22. The van der Waals surface area contributed by atoms with Crippen molar-refractivity contribution < 1.29 is 81.6 Å². The van der Waals surface area contributed by atoms with E-state index in [1.165, 1.54) is 12.0 Å². The third kappa shape index (κ3) is 19.4. The molecule has 20 heteroatoms. The molecule has 6 rings (SSSR count). The maximum Gasteiger partial charge on any atom is 0.409 e. The third-order valence-corrected chi connectivity index (χ3v) is 18.0. The number of cyclic esters (lactones) is 1. The van der Waals surface area contributed by atoms with Gasteiger partial charge in [-0.2, -0.15) is 0 Å². The molecule has 0 spiro atoms. The van der Waals surface area contributed by atoms with Gasteiger partial charge in [0, 0.05) is 84.6 Å². The summed E-state index contributed by atoms with van der Waals surface area (Å²) in [5.41, 5.74) is 1.21. The molecule has 2 N–H and O–H groups in total. The molecule has 5 heterocycles. The number of rotatable bonds is 12. The van der Waals surface area contributed by atoms with E-state index in [1.807, 2.05) is 58.1 Å². The molecule has 16 atom stereocenters. The molecular weight excluding hydrogens is 1070 g/mol. The summed E-state index contributed by atoms with van der Waals surface area (Å²) >= 11 is 0. The molecule has 0 radical (unpaired) electrons. The highest BCUT2D eigenvalue weighted by atomic mass is 16.6. The number of nitrogens with zero attached hydrogens (tertiary/aromatic N) is 3. The molecule has 83 heavy (non-hydrogen) atoms. The molecule has 0 aromatic carbocycles. The maximum atomic E-state index is 14.8. The minimum atomic E-state index is -2.50. The number of likely N-dealkylation sites (N-methyl/N-ethyl adjacent to an activating group) is 1. The molecule has 6 aliphatic rings. The monoisotopic (exact) mass is 1170 g/mol. The summed E-state index contributed by atoms with van der Waals surface area (Å²) in [6, 6.07) is -1.20. The highest BCUT2D eigenvalue weighted by Gasteiger charge is 2.53. The number of aliphatic hydroxyl groups excluding tert-OH is 1. The first-order valence-electron chi connectivity index (χ1n) is 30.6. The fourth-order valence-corrected chi connectivity index (χ4v) is 12.4. The lowest BCUT2D eigenvalue weighted by Crippen LogP contribution is -2.61. The van der Waals surface area contributed by atoms with Crippen LogP contribution in [0.2, 0.25) is 0 Å². The van der Waals surface area contributed by atoms with Crippen molar-refractivity contribution >= 4 is 35.3 Å². The van der Waals surface area contributed by atoms with E-state index in [0.29, 0.717) is 109 Å². The number of hydrogen-bond acceptors (Lipinski definition) is 18. The van der Waals surface area contributed by atoms with Gasteiger partial charge < -0.3 is 62.6 Å². The summed E-state index contributed by atoms with van der Waals surface area (Å²) in [7, 11) is 4.70. The zero-order valence-electron chi connectivity index (χ0n) is 51.2. The van der Waals surface area contributed by atoms with Gasteiger partial charge in [-0.25, -0.2) is 9.59 Å². The van der Waals surface area contributed by atoms with Gasteiger partial charge >= 0.3 is 12.1 Å². The number of allylic oxidation sites excluding steroid dienone is 6. The van der Waals surface area contributed by atoms with E-state index in [4.69, 9.17) is 42.6 Å². The summed E-state index contributed by atoms with van der Waals surface area (Å²) in [4.78, 5) is 90.7. The molecular formula is C63H99N3O17. The van der Waals surface area contributed by atoms with E-state index < -0.39 is 102 Å². The van der Waals surface area contributed by atoms with Gasteiger partial charge in [0.2, 0.25) is 5.79 Å². The number of Topliss-reactive ketones (excluding diaryl/α,β-unsaturated/α-hetero) is 3. The maximum absolute atomic E-state index is 14.8. The molecule has 4 saturated heterocycles. The van der Waals surface area contributed by atoms with Crippen molar-refractivity contribution in [3.05, 3.63) is 47.6 Å². The van der Waals surface area contributed by atoms with Crippen molar-refractivity contribution in [2.24, 2.45) is 35.5 Å². The van der Waals surface area contributed by atoms with E-state index in [0.717, 1.165) is 18.7 Å². The molecule has 0 aromatic heterocycles. The largest absolute Gasteiger partial charge is 0.460 e. The van der Waals surface area contributed by atoms with Crippen LogP contribution in [0.25, 0.3) is 0 Å². The standard InChI is InChI=1S/C63H99N3O17/c1-40-16-12-11-13-17-41(2)53(80-39-49-38-78-30-31-79-49)36-48-21-19-46(7)63(74,83-48)59(70)60(71)66-23-15-14-18-50(66)61(72)81-54(37-51(67)42(3)33-45(6)57(69)58(76-10)56(68)44(5)32-40)43(4)34-47-20-22-52(55(35-47)75-9)82-62(73)64(8)24-25-65-26-28-77-29-27-65/h11-13,16-17,33,40,42-44,46-50,52-55,57-58,69,74H,14-15,18-32,34-39H2,1-10H3/b13-11+,16-12+,41-17+,45-33+/t40-,42-,43-,44-,46-,47+,48+,49?,50+,52-,53?,54+,55-,57-,58+,63-/m1/s1. The van der Waals surface area contributed by atoms with E-state index in [-0.39, 0.29) is 61.9 Å². The number of methoxy groups -OCH3 is 2. The number of esters is 1. The van der Waals surface area contributed by atoms with E-state index in [1.54, 1.807) is 45.9 Å². The molecule has 20 nitrogen and oxygen atoms in total. The van der Waals surface area contributed by atoms with Crippen LogP contribution in [0.1, 0.15) is 126 Å². The van der Waals surface area contributed by atoms with E-state index >= 15 is 0 Å². The van der Waals surface area contributed by atoms with Gasteiger partial charge in [0.1, 0.15) is 42.3 Å². The van der Waals surface area contributed by atoms with Crippen LogP contribution < -0.4 is 0 Å². The Bertz CT molecular complexity index is 2260. The average molecular weight is 1170 g/mol. The van der Waals surface area contributed by atoms with E-state index in [9.17, 15) is 39.0 Å². The van der Waals surface area contributed by atoms with Gasteiger partial charge in [-0.3, -0.25) is 24.1 Å². The van der Waals surface area contributed by atoms with Gasteiger partial charge in [0.05, 0.1) is 58.0 Å². The number of ketones is 3. The number of morpholine rings is 1. The number of carbonyl (C=O) groups excluding carboxylic acids is 6. The number of carbonyl (C=O) groups is 6. The lowest BCUT2D eigenvalue weighted by molar-refractivity contribution is -0.266. The van der Waals surface area contributed by atoms with Gasteiger partial charge in [-0.05, 0) is 107 Å². The van der Waals surface area contributed by atoms with Crippen molar-refractivity contribution in [3.63, 3.8) is 0 Å². The summed E-state index contributed by atoms with van der Waals surface area (Å²) in [6.45, 7) is 18.4. The lowest BCUT2D eigenvalue weighted by atomic mass is 9.78. The van der Waals surface area contributed by atoms with Crippen LogP contribution in [-0.4, -0.2) is 215 Å². The Balaban J connectivity index is 1.25. The van der Waals surface area contributed by atoms with Gasteiger partial charge in [-0.15, -0.1) is 0 Å². The highest BCUT2D eigenvalue weighted by Crippen LogP contribution is 2.38. The van der Waals surface area contributed by atoms with Gasteiger partial charge in [-0.1, -0.05) is 71.1 Å². The number of aliphatic hydroxyl groups is 2. The Morgan fingerprint density at radius 2 is 1.61 bits per heavy atom. The normalized spacial score (nSPS) is 37.4. The molecule has 1 aliphatic carbocycles. The van der Waals surface area contributed by atoms with Crippen LogP contribution in [0.5, 0.6) is 0 Å². The Morgan fingerprint density at radius 3 is 2.33 bits per heavy atom. The molecule has 2 amide bonds. The van der Waals surface area contributed by atoms with Gasteiger partial charge in [0.15, 0.2) is 5.78 Å². The second-order valence-corrected chi connectivity index (χ2v) is 24.5. The summed E-state index contributed by atoms with van der Waals surface area (Å²) in [5, 5.41) is 23.9. The summed E-state index contributed by atoms with van der Waals surface area (Å²) in [5.74, 6) is -8.51. The Labute approximate surface area is 492 Å². The highest BCUT2D eigenvalue weighted by molar-refractivity contribution is 6.39. The van der Waals surface area contributed by atoms with Crippen molar-refractivity contribution in [2.75, 3.05) is 93.6 Å². The third-order valence-electron chi connectivity index (χ3n) is 18.0. The van der Waals surface area contributed by atoms with Crippen molar-refractivity contribution in [3.8, 4) is 0 Å². The topological polar surface area (TPSA) is 236 Å². The SMILES string of the molecule is CO[C@@H]1C[C@H](C[C@@H](C)[C@@H]2CC(=O)[C@H](C)/C=C(\C)[C@@H](O)[C@@H](OC)C(=O)[C@H](C)C[C@H](C)/C=C/C=C/C=C(\C)C(OCC3COCCO3)C[C@@H]3CC[C@@H](C)[C@@](O)(O3)C(=O)C(=O)N3CCCC[C@H]3C(=O)O2)CC[C@H]1OC(=O)N(C)CCN1CCOCC1. The van der Waals surface area contributed by atoms with Crippen molar-refractivity contribution in [1.82, 2.24) is 14.7 Å². The smallest absolute Gasteiger partial charge is 0.409 e. The van der Waals surface area contributed by atoms with Crippen molar-refractivity contribution in [1.29, 1.82) is 0 Å². The number of piperidine rings is 1. The molecule has 2 unspecified atom stereocenters. The molecule has 0 aromatic rings.